The van der Waals surface area contributed by atoms with Crippen LogP contribution in [0.2, 0.25) is 5.02 Å². The molecule has 156 valence electrons. The highest BCUT2D eigenvalue weighted by Crippen LogP contribution is 2.28. The van der Waals surface area contributed by atoms with Gasteiger partial charge >= 0.3 is 0 Å². The molecule has 1 amide bonds. The number of rotatable bonds is 4. The van der Waals surface area contributed by atoms with Crippen LogP contribution in [0.4, 0.5) is 5.69 Å². The van der Waals surface area contributed by atoms with E-state index in [-0.39, 0.29) is 11.0 Å². The number of hydrogen-bond acceptors (Lipinski definition) is 5. The summed E-state index contributed by atoms with van der Waals surface area (Å²) in [6.07, 6.45) is 0. The molecule has 0 spiro atoms. The third kappa shape index (κ3) is 4.97. The number of ether oxygens (including phenoxy) is 1. The number of methoxy groups -OCH3 is 1. The van der Waals surface area contributed by atoms with Gasteiger partial charge < -0.3 is 14.5 Å². The summed E-state index contributed by atoms with van der Waals surface area (Å²) in [4.78, 5) is 17.0. The minimum atomic E-state index is -0.384. The molecule has 6 nitrogen and oxygen atoms in total. The second kappa shape index (κ2) is 9.21. The Labute approximate surface area is 202 Å². The zero-order valence-electron chi connectivity index (χ0n) is 16.1. The Morgan fingerprint density at radius 3 is 2.81 bits per heavy atom. The fourth-order valence-electron chi connectivity index (χ4n) is 2.89. The molecule has 0 aliphatic heterocycles. The van der Waals surface area contributed by atoms with Gasteiger partial charge in [-0.1, -0.05) is 17.7 Å². The van der Waals surface area contributed by atoms with Gasteiger partial charge in [0.25, 0.3) is 5.91 Å². The zero-order valence-corrected chi connectivity index (χ0v) is 19.8. The molecule has 0 aliphatic carbocycles. The van der Waals surface area contributed by atoms with E-state index >= 15 is 0 Å². The minimum Gasteiger partial charge on any atom is -0.497 e. The van der Waals surface area contributed by atoms with Gasteiger partial charge in [0.05, 0.1) is 17.7 Å². The van der Waals surface area contributed by atoms with Crippen LogP contribution in [0.25, 0.3) is 22.6 Å². The lowest BCUT2D eigenvalue weighted by molar-refractivity contribution is 0.0978. The summed E-state index contributed by atoms with van der Waals surface area (Å²) < 4.78 is 12.0. The third-order valence-corrected chi connectivity index (χ3v) is 5.57. The van der Waals surface area contributed by atoms with Gasteiger partial charge in [0.1, 0.15) is 11.3 Å². The van der Waals surface area contributed by atoms with E-state index in [0.29, 0.717) is 39.0 Å². The smallest absolute Gasteiger partial charge is 0.258 e. The summed E-state index contributed by atoms with van der Waals surface area (Å²) in [7, 11) is 1.60. The molecule has 0 fully saturated rings. The standard InChI is InChI=1S/C22H15ClIN3O3S/c1-29-15-6-8-19-18(11-15)26-21(30-19)12-3-2-4-14(9-12)25-22(31)27-20(28)16-10-13(24)5-7-17(16)23/h2-11H,1H3,(H2,25,27,28,31). The molecule has 9 heteroatoms. The molecule has 0 atom stereocenters. The largest absolute Gasteiger partial charge is 0.497 e. The van der Waals surface area contributed by atoms with Crippen molar-refractivity contribution in [2.75, 3.05) is 12.4 Å². The number of amides is 1. The van der Waals surface area contributed by atoms with Crippen LogP contribution >= 0.6 is 46.4 Å². The van der Waals surface area contributed by atoms with Gasteiger partial charge in [-0.05, 0) is 83.3 Å². The van der Waals surface area contributed by atoms with Crippen LogP contribution in [0.1, 0.15) is 10.4 Å². The van der Waals surface area contributed by atoms with Crippen LogP contribution in [0.3, 0.4) is 0 Å². The van der Waals surface area contributed by atoms with E-state index in [9.17, 15) is 4.79 Å². The quantitative estimate of drug-likeness (QED) is 0.238. The van der Waals surface area contributed by atoms with Crippen molar-refractivity contribution in [2.24, 2.45) is 0 Å². The molecule has 0 saturated carbocycles. The summed E-state index contributed by atoms with van der Waals surface area (Å²) in [5, 5.41) is 6.16. The SMILES string of the molecule is COc1ccc2oc(-c3cccc(NC(=S)NC(=O)c4cc(I)ccc4Cl)c3)nc2c1. The number of benzene rings is 3. The van der Waals surface area contributed by atoms with E-state index in [4.69, 9.17) is 33.0 Å². The Balaban J connectivity index is 1.50. The lowest BCUT2D eigenvalue weighted by Gasteiger charge is -2.11. The Morgan fingerprint density at radius 2 is 2.00 bits per heavy atom. The van der Waals surface area contributed by atoms with E-state index in [1.165, 1.54) is 0 Å². The van der Waals surface area contributed by atoms with Crippen molar-refractivity contribution in [3.05, 3.63) is 74.8 Å². The van der Waals surface area contributed by atoms with Crippen LogP contribution in [-0.2, 0) is 0 Å². The normalized spacial score (nSPS) is 10.7. The molecule has 31 heavy (non-hydrogen) atoms. The van der Waals surface area contributed by atoms with Crippen molar-refractivity contribution in [2.45, 2.75) is 0 Å². The highest BCUT2D eigenvalue weighted by molar-refractivity contribution is 14.1. The van der Waals surface area contributed by atoms with Gasteiger partial charge in [0.2, 0.25) is 5.89 Å². The molecule has 0 aliphatic rings. The van der Waals surface area contributed by atoms with Crippen LogP contribution < -0.4 is 15.4 Å². The van der Waals surface area contributed by atoms with Gasteiger partial charge in [-0.3, -0.25) is 10.1 Å². The van der Waals surface area contributed by atoms with Crippen molar-refractivity contribution in [3.8, 4) is 17.2 Å². The molecule has 1 heterocycles. The van der Waals surface area contributed by atoms with Crippen molar-refractivity contribution >= 4 is 74.2 Å². The van der Waals surface area contributed by atoms with E-state index in [2.05, 4.69) is 38.2 Å². The highest BCUT2D eigenvalue weighted by atomic mass is 127. The first-order chi connectivity index (χ1) is 14.9. The molecule has 0 unspecified atom stereocenters. The number of hydrogen-bond donors (Lipinski definition) is 2. The zero-order chi connectivity index (χ0) is 22.0. The van der Waals surface area contributed by atoms with Gasteiger partial charge in [0.15, 0.2) is 10.7 Å². The number of fused-ring (bicyclic) bond motifs is 1. The second-order valence-electron chi connectivity index (χ2n) is 6.47. The lowest BCUT2D eigenvalue weighted by atomic mass is 10.2. The Hall–Kier alpha value is -2.69. The summed E-state index contributed by atoms with van der Waals surface area (Å²) >= 11 is 13.5. The number of nitrogens with zero attached hydrogens (tertiary/aromatic N) is 1. The van der Waals surface area contributed by atoms with Crippen molar-refractivity contribution in [1.29, 1.82) is 0 Å². The minimum absolute atomic E-state index is 0.152. The molecule has 4 rings (SSSR count). The number of nitrogens with one attached hydrogen (secondary N) is 2. The van der Waals surface area contributed by atoms with Crippen molar-refractivity contribution < 1.29 is 13.9 Å². The number of halogens is 2. The molecule has 4 aromatic rings. The Kier molecular flexibility index (Phi) is 6.40. The highest BCUT2D eigenvalue weighted by Gasteiger charge is 2.14. The van der Waals surface area contributed by atoms with Gasteiger partial charge in [-0.25, -0.2) is 4.98 Å². The van der Waals surface area contributed by atoms with Crippen LogP contribution in [-0.4, -0.2) is 23.1 Å². The first-order valence-electron chi connectivity index (χ1n) is 9.05. The van der Waals surface area contributed by atoms with Gasteiger partial charge in [0, 0.05) is 20.9 Å². The average Bonchev–Trinajstić information content (AvgIpc) is 3.18. The predicted molar refractivity (Wildman–Crippen MR) is 134 cm³/mol. The summed E-state index contributed by atoms with van der Waals surface area (Å²) in [6, 6.07) is 18.0. The average molecular weight is 564 g/mol. The molecule has 1 aromatic heterocycles. The van der Waals surface area contributed by atoms with Crippen molar-refractivity contribution in [1.82, 2.24) is 10.3 Å². The number of carbonyl (C=O) groups excluding carboxylic acids is 1. The summed E-state index contributed by atoms with van der Waals surface area (Å²) in [5.74, 6) is 0.787. The Bertz CT molecular complexity index is 1310. The monoisotopic (exact) mass is 563 g/mol. The molecular formula is C22H15ClIN3O3S. The molecule has 2 N–H and O–H groups in total. The maximum atomic E-state index is 12.5. The second-order valence-corrected chi connectivity index (χ2v) is 8.53. The molecule has 0 radical (unpaired) electrons. The first kappa shape index (κ1) is 21.5. The maximum absolute atomic E-state index is 12.5. The Morgan fingerprint density at radius 1 is 1.16 bits per heavy atom. The lowest BCUT2D eigenvalue weighted by Crippen LogP contribution is -2.34. The maximum Gasteiger partial charge on any atom is 0.258 e. The summed E-state index contributed by atoms with van der Waals surface area (Å²) in [6.45, 7) is 0. The van der Waals surface area contributed by atoms with Crippen LogP contribution in [0, 0.1) is 3.57 Å². The number of thiocarbonyl (C=S) groups is 1. The van der Waals surface area contributed by atoms with E-state index in [0.717, 1.165) is 9.13 Å². The summed E-state index contributed by atoms with van der Waals surface area (Å²) in [5.41, 5.74) is 3.15. The number of carbonyl (C=O) groups is 1. The fourth-order valence-corrected chi connectivity index (χ4v) is 3.80. The van der Waals surface area contributed by atoms with Crippen molar-refractivity contribution in [3.63, 3.8) is 0 Å². The molecular weight excluding hydrogens is 549 g/mol. The topological polar surface area (TPSA) is 76.4 Å². The van der Waals surface area contributed by atoms with Gasteiger partial charge in [-0.15, -0.1) is 0 Å². The van der Waals surface area contributed by atoms with Crippen LogP contribution in [0.5, 0.6) is 5.75 Å². The van der Waals surface area contributed by atoms with Crippen LogP contribution in [0.15, 0.2) is 65.1 Å². The number of aromatic nitrogens is 1. The van der Waals surface area contributed by atoms with E-state index in [1.807, 2.05) is 48.5 Å². The first-order valence-corrected chi connectivity index (χ1v) is 10.9. The molecule has 3 aromatic carbocycles. The number of anilines is 1. The van der Waals surface area contributed by atoms with Gasteiger partial charge in [-0.2, -0.15) is 0 Å². The predicted octanol–water partition coefficient (Wildman–Crippen LogP) is 5.89. The third-order valence-electron chi connectivity index (χ3n) is 4.36. The molecule has 0 bridgehead atoms. The van der Waals surface area contributed by atoms with E-state index < -0.39 is 0 Å². The number of oxazole rings is 1. The fraction of sp³-hybridized carbons (Fsp3) is 0.0455. The van der Waals surface area contributed by atoms with E-state index in [1.54, 1.807) is 19.2 Å². The molecule has 0 saturated heterocycles.